The maximum absolute atomic E-state index is 5.88. The highest BCUT2D eigenvalue weighted by Crippen LogP contribution is 2.28. The van der Waals surface area contributed by atoms with Crippen LogP contribution in [-0.4, -0.2) is 16.2 Å². The average molecular weight is 244 g/mol. The minimum Gasteiger partial charge on any atom is -0.491 e. The van der Waals surface area contributed by atoms with Crippen molar-refractivity contribution < 1.29 is 4.74 Å². The number of ether oxygens (including phenoxy) is 1. The van der Waals surface area contributed by atoms with E-state index in [0.717, 1.165) is 18.7 Å². The lowest BCUT2D eigenvalue weighted by atomic mass is 9.98. The number of benzene rings is 1. The van der Waals surface area contributed by atoms with E-state index in [0.29, 0.717) is 12.5 Å². The van der Waals surface area contributed by atoms with Crippen molar-refractivity contribution in [1.29, 1.82) is 0 Å². The summed E-state index contributed by atoms with van der Waals surface area (Å²) >= 11 is 0. The summed E-state index contributed by atoms with van der Waals surface area (Å²) in [6, 6.07) is 8.30. The van der Waals surface area contributed by atoms with E-state index >= 15 is 0 Å². The Morgan fingerprint density at radius 3 is 2.89 bits per heavy atom. The number of aromatic nitrogens is 2. The van der Waals surface area contributed by atoms with Crippen molar-refractivity contribution in [1.82, 2.24) is 9.55 Å². The predicted octanol–water partition coefficient (Wildman–Crippen LogP) is 3.48. The maximum Gasteiger partial charge on any atom is 0.122 e. The third kappa shape index (κ3) is 3.13. The molecule has 0 aliphatic rings. The monoisotopic (exact) mass is 244 g/mol. The standard InChI is InChI=1S/C15H20N2O/c1-3-13(2)14-6-4-5-7-15(14)18-11-10-17-9-8-16-12-17/h4-9,12-13H,3,10-11H2,1-2H3/t13-/m0/s1. The van der Waals surface area contributed by atoms with Crippen LogP contribution in [0.4, 0.5) is 0 Å². The van der Waals surface area contributed by atoms with Gasteiger partial charge in [0.15, 0.2) is 0 Å². The number of imidazole rings is 1. The van der Waals surface area contributed by atoms with Gasteiger partial charge < -0.3 is 9.30 Å². The molecule has 2 aromatic rings. The number of hydrogen-bond donors (Lipinski definition) is 0. The Balaban J connectivity index is 1.96. The maximum atomic E-state index is 5.88. The molecule has 2 rings (SSSR count). The molecule has 96 valence electrons. The summed E-state index contributed by atoms with van der Waals surface area (Å²) in [5.41, 5.74) is 1.30. The summed E-state index contributed by atoms with van der Waals surface area (Å²) in [6.45, 7) is 5.93. The zero-order chi connectivity index (χ0) is 12.8. The molecular formula is C15H20N2O. The topological polar surface area (TPSA) is 27.1 Å². The van der Waals surface area contributed by atoms with Gasteiger partial charge in [0, 0.05) is 12.4 Å². The summed E-state index contributed by atoms with van der Waals surface area (Å²) < 4.78 is 7.90. The largest absolute Gasteiger partial charge is 0.491 e. The molecule has 0 fully saturated rings. The Morgan fingerprint density at radius 2 is 2.17 bits per heavy atom. The normalized spacial score (nSPS) is 12.3. The predicted molar refractivity (Wildman–Crippen MR) is 72.9 cm³/mol. The molecule has 1 heterocycles. The first-order chi connectivity index (χ1) is 8.81. The summed E-state index contributed by atoms with van der Waals surface area (Å²) in [6.07, 6.45) is 6.67. The molecule has 1 aromatic carbocycles. The summed E-state index contributed by atoms with van der Waals surface area (Å²) in [5, 5.41) is 0. The Labute approximate surface area is 108 Å². The van der Waals surface area contributed by atoms with Crippen molar-refractivity contribution in [3.05, 3.63) is 48.5 Å². The van der Waals surface area contributed by atoms with Crippen LogP contribution in [0.3, 0.4) is 0 Å². The first kappa shape index (κ1) is 12.7. The average Bonchev–Trinajstić information content (AvgIpc) is 2.92. The second kappa shape index (κ2) is 6.24. The number of nitrogens with zero attached hydrogens (tertiary/aromatic N) is 2. The van der Waals surface area contributed by atoms with Gasteiger partial charge in [0.2, 0.25) is 0 Å². The SMILES string of the molecule is CC[C@H](C)c1ccccc1OCCn1ccnc1. The van der Waals surface area contributed by atoms with Crippen molar-refractivity contribution in [2.45, 2.75) is 32.7 Å². The molecule has 0 saturated heterocycles. The third-order valence-corrected chi connectivity index (χ3v) is 3.23. The molecule has 0 aliphatic carbocycles. The molecule has 1 atom stereocenters. The third-order valence-electron chi connectivity index (χ3n) is 3.23. The van der Waals surface area contributed by atoms with Crippen molar-refractivity contribution in [2.24, 2.45) is 0 Å². The van der Waals surface area contributed by atoms with E-state index in [4.69, 9.17) is 4.74 Å². The minimum atomic E-state index is 0.537. The van der Waals surface area contributed by atoms with Crippen LogP contribution < -0.4 is 4.74 Å². The van der Waals surface area contributed by atoms with Crippen molar-refractivity contribution in [3.63, 3.8) is 0 Å². The van der Waals surface area contributed by atoms with Crippen molar-refractivity contribution in [3.8, 4) is 5.75 Å². The van der Waals surface area contributed by atoms with E-state index in [2.05, 4.69) is 37.0 Å². The molecule has 0 saturated carbocycles. The van der Waals surface area contributed by atoms with Gasteiger partial charge in [-0.2, -0.15) is 0 Å². The van der Waals surface area contributed by atoms with Crippen LogP contribution in [0.15, 0.2) is 43.0 Å². The van der Waals surface area contributed by atoms with Gasteiger partial charge in [-0.3, -0.25) is 0 Å². The number of hydrogen-bond acceptors (Lipinski definition) is 2. The first-order valence-electron chi connectivity index (χ1n) is 6.48. The van der Waals surface area contributed by atoms with E-state index in [9.17, 15) is 0 Å². The van der Waals surface area contributed by atoms with Gasteiger partial charge >= 0.3 is 0 Å². The van der Waals surface area contributed by atoms with Crippen LogP contribution in [0.2, 0.25) is 0 Å². The molecule has 0 aliphatic heterocycles. The van der Waals surface area contributed by atoms with Crippen LogP contribution >= 0.6 is 0 Å². The molecule has 0 unspecified atom stereocenters. The van der Waals surface area contributed by atoms with E-state index in [1.807, 2.05) is 23.2 Å². The van der Waals surface area contributed by atoms with Gasteiger partial charge in [-0.15, -0.1) is 0 Å². The van der Waals surface area contributed by atoms with Gasteiger partial charge in [0.05, 0.1) is 12.9 Å². The van der Waals surface area contributed by atoms with Crippen LogP contribution in [-0.2, 0) is 6.54 Å². The number of rotatable bonds is 6. The summed E-state index contributed by atoms with van der Waals surface area (Å²) in [5.74, 6) is 1.54. The Morgan fingerprint density at radius 1 is 1.33 bits per heavy atom. The lowest BCUT2D eigenvalue weighted by molar-refractivity contribution is 0.294. The molecule has 3 nitrogen and oxygen atoms in total. The highest BCUT2D eigenvalue weighted by Gasteiger charge is 2.09. The van der Waals surface area contributed by atoms with Gasteiger partial charge in [-0.25, -0.2) is 4.98 Å². The van der Waals surface area contributed by atoms with E-state index in [1.165, 1.54) is 5.56 Å². The molecule has 0 N–H and O–H groups in total. The van der Waals surface area contributed by atoms with E-state index < -0.39 is 0 Å². The molecule has 0 bridgehead atoms. The van der Waals surface area contributed by atoms with Crippen LogP contribution in [0.25, 0.3) is 0 Å². The molecule has 0 radical (unpaired) electrons. The van der Waals surface area contributed by atoms with Crippen LogP contribution in [0.5, 0.6) is 5.75 Å². The molecule has 18 heavy (non-hydrogen) atoms. The van der Waals surface area contributed by atoms with E-state index in [-0.39, 0.29) is 0 Å². The van der Waals surface area contributed by atoms with Crippen LogP contribution in [0.1, 0.15) is 31.7 Å². The fourth-order valence-electron chi connectivity index (χ4n) is 1.92. The van der Waals surface area contributed by atoms with Crippen molar-refractivity contribution >= 4 is 0 Å². The van der Waals surface area contributed by atoms with Crippen molar-refractivity contribution in [2.75, 3.05) is 6.61 Å². The highest BCUT2D eigenvalue weighted by molar-refractivity contribution is 5.35. The molecule has 0 amide bonds. The minimum absolute atomic E-state index is 0.537. The molecule has 0 spiro atoms. The Kier molecular flexibility index (Phi) is 4.40. The van der Waals surface area contributed by atoms with Gasteiger partial charge in [-0.1, -0.05) is 32.0 Å². The summed E-state index contributed by atoms with van der Waals surface area (Å²) in [4.78, 5) is 4.01. The highest BCUT2D eigenvalue weighted by atomic mass is 16.5. The first-order valence-corrected chi connectivity index (χ1v) is 6.48. The quantitative estimate of drug-likeness (QED) is 0.778. The lowest BCUT2D eigenvalue weighted by Crippen LogP contribution is -2.08. The fraction of sp³-hybridized carbons (Fsp3) is 0.400. The van der Waals surface area contributed by atoms with E-state index in [1.54, 1.807) is 6.20 Å². The molecular weight excluding hydrogens is 224 g/mol. The fourth-order valence-corrected chi connectivity index (χ4v) is 1.92. The second-order valence-electron chi connectivity index (χ2n) is 4.50. The second-order valence-corrected chi connectivity index (χ2v) is 4.50. The van der Waals surface area contributed by atoms with Gasteiger partial charge in [0.25, 0.3) is 0 Å². The zero-order valence-corrected chi connectivity index (χ0v) is 11.0. The Hall–Kier alpha value is -1.77. The molecule has 1 aromatic heterocycles. The lowest BCUT2D eigenvalue weighted by Gasteiger charge is -2.15. The van der Waals surface area contributed by atoms with Gasteiger partial charge in [-0.05, 0) is 24.0 Å². The molecule has 3 heteroatoms. The number of para-hydroxylation sites is 1. The Bertz CT molecular complexity index is 465. The summed E-state index contributed by atoms with van der Waals surface area (Å²) in [7, 11) is 0. The van der Waals surface area contributed by atoms with Gasteiger partial charge in [0.1, 0.15) is 12.4 Å². The zero-order valence-electron chi connectivity index (χ0n) is 11.0. The smallest absolute Gasteiger partial charge is 0.122 e. The van der Waals surface area contributed by atoms with Crippen LogP contribution in [0, 0.1) is 0 Å².